The molecular formula is C13H18N4O2S. The molecule has 7 heteroatoms. The lowest BCUT2D eigenvalue weighted by atomic mass is 10.1. The van der Waals surface area contributed by atoms with E-state index in [-0.39, 0.29) is 11.7 Å². The summed E-state index contributed by atoms with van der Waals surface area (Å²) in [5.74, 6) is 0. The molecule has 1 aliphatic rings. The molecule has 6 nitrogen and oxygen atoms in total. The van der Waals surface area contributed by atoms with E-state index in [1.807, 2.05) is 6.92 Å². The molecule has 2 aromatic rings. The van der Waals surface area contributed by atoms with Gasteiger partial charge in [0.2, 0.25) is 4.96 Å². The molecule has 0 bridgehead atoms. The SMILES string of the molecule is CCc1nn2c(=O)cc(CN3CCC(O)CC3)nc2s1. The maximum Gasteiger partial charge on any atom is 0.275 e. The molecule has 20 heavy (non-hydrogen) atoms. The molecule has 3 heterocycles. The molecule has 0 atom stereocenters. The lowest BCUT2D eigenvalue weighted by molar-refractivity contribution is 0.0787. The number of nitrogens with zero attached hydrogens (tertiary/aromatic N) is 4. The van der Waals surface area contributed by atoms with Crippen molar-refractivity contribution in [2.24, 2.45) is 0 Å². The Morgan fingerprint density at radius 2 is 2.20 bits per heavy atom. The Balaban J connectivity index is 1.83. The van der Waals surface area contributed by atoms with Crippen LogP contribution in [-0.4, -0.2) is 43.8 Å². The molecule has 108 valence electrons. The van der Waals surface area contributed by atoms with Gasteiger partial charge < -0.3 is 5.11 Å². The van der Waals surface area contributed by atoms with Gasteiger partial charge in [-0.2, -0.15) is 9.61 Å². The van der Waals surface area contributed by atoms with Gasteiger partial charge in [0.05, 0.1) is 11.8 Å². The summed E-state index contributed by atoms with van der Waals surface area (Å²) in [4.78, 5) is 19.5. The van der Waals surface area contributed by atoms with Gasteiger partial charge >= 0.3 is 0 Å². The maximum absolute atomic E-state index is 12.0. The zero-order valence-corrected chi connectivity index (χ0v) is 12.3. The first-order valence-electron chi connectivity index (χ1n) is 6.95. The minimum absolute atomic E-state index is 0.113. The number of aliphatic hydroxyl groups excluding tert-OH is 1. The van der Waals surface area contributed by atoms with Crippen molar-refractivity contribution in [1.82, 2.24) is 19.5 Å². The highest BCUT2D eigenvalue weighted by molar-refractivity contribution is 7.16. The van der Waals surface area contributed by atoms with Crippen molar-refractivity contribution in [2.45, 2.75) is 38.8 Å². The number of aliphatic hydroxyl groups is 1. The summed E-state index contributed by atoms with van der Waals surface area (Å²) in [5, 5.41) is 14.7. The Morgan fingerprint density at radius 3 is 2.90 bits per heavy atom. The van der Waals surface area contributed by atoms with E-state index in [2.05, 4.69) is 15.0 Å². The van der Waals surface area contributed by atoms with Crippen LogP contribution in [0.4, 0.5) is 0 Å². The van der Waals surface area contributed by atoms with Gasteiger partial charge in [0.15, 0.2) is 0 Å². The van der Waals surface area contributed by atoms with E-state index in [1.165, 1.54) is 15.9 Å². The first-order valence-corrected chi connectivity index (χ1v) is 7.76. The van der Waals surface area contributed by atoms with E-state index in [1.54, 1.807) is 6.07 Å². The average Bonchev–Trinajstić information content (AvgIpc) is 2.85. The summed E-state index contributed by atoms with van der Waals surface area (Å²) >= 11 is 1.47. The lowest BCUT2D eigenvalue weighted by Gasteiger charge is -2.28. The quantitative estimate of drug-likeness (QED) is 0.901. The Labute approximate surface area is 120 Å². The molecule has 0 radical (unpaired) electrons. The predicted molar refractivity (Wildman–Crippen MR) is 77.0 cm³/mol. The molecule has 0 saturated carbocycles. The van der Waals surface area contributed by atoms with E-state index < -0.39 is 0 Å². The number of hydrogen-bond acceptors (Lipinski definition) is 6. The van der Waals surface area contributed by atoms with Gasteiger partial charge in [-0.05, 0) is 19.3 Å². The van der Waals surface area contributed by atoms with E-state index in [9.17, 15) is 9.90 Å². The second kappa shape index (κ2) is 5.59. The van der Waals surface area contributed by atoms with Gasteiger partial charge in [-0.25, -0.2) is 4.98 Å². The molecule has 3 rings (SSSR count). The molecule has 1 saturated heterocycles. The minimum Gasteiger partial charge on any atom is -0.393 e. The van der Waals surface area contributed by atoms with E-state index >= 15 is 0 Å². The number of aryl methyl sites for hydroxylation is 1. The highest BCUT2D eigenvalue weighted by Crippen LogP contribution is 2.15. The first-order chi connectivity index (χ1) is 9.65. The van der Waals surface area contributed by atoms with Crippen LogP contribution in [-0.2, 0) is 13.0 Å². The van der Waals surface area contributed by atoms with Crippen LogP contribution in [0.3, 0.4) is 0 Å². The van der Waals surface area contributed by atoms with Crippen molar-refractivity contribution >= 4 is 16.3 Å². The van der Waals surface area contributed by atoms with Crippen LogP contribution in [0.25, 0.3) is 4.96 Å². The lowest BCUT2D eigenvalue weighted by Crippen LogP contribution is -2.35. The summed E-state index contributed by atoms with van der Waals surface area (Å²) in [6.07, 6.45) is 2.22. The number of likely N-dealkylation sites (tertiary alicyclic amines) is 1. The van der Waals surface area contributed by atoms with Crippen LogP contribution < -0.4 is 5.56 Å². The highest BCUT2D eigenvalue weighted by Gasteiger charge is 2.18. The third-order valence-electron chi connectivity index (χ3n) is 3.59. The molecule has 1 aliphatic heterocycles. The Bertz CT molecular complexity index is 658. The van der Waals surface area contributed by atoms with Crippen LogP contribution >= 0.6 is 11.3 Å². The number of rotatable bonds is 3. The zero-order chi connectivity index (χ0) is 14.1. The topological polar surface area (TPSA) is 70.7 Å². The molecule has 0 amide bonds. The fourth-order valence-electron chi connectivity index (χ4n) is 2.43. The summed E-state index contributed by atoms with van der Waals surface area (Å²) in [7, 11) is 0. The standard InChI is InChI=1S/C13H18N4O2S/c1-2-11-15-17-12(19)7-9(14-13(17)20-11)8-16-5-3-10(18)4-6-16/h7,10,18H,2-6,8H2,1H3. The van der Waals surface area contributed by atoms with Crippen LogP contribution in [0, 0.1) is 0 Å². The molecule has 0 aromatic carbocycles. The van der Waals surface area contributed by atoms with Gasteiger partial charge in [-0.3, -0.25) is 9.69 Å². The van der Waals surface area contributed by atoms with E-state index in [0.717, 1.165) is 43.1 Å². The molecule has 0 spiro atoms. The van der Waals surface area contributed by atoms with Crippen LogP contribution in [0.2, 0.25) is 0 Å². The fraction of sp³-hybridized carbons (Fsp3) is 0.615. The normalized spacial score (nSPS) is 17.9. The second-order valence-electron chi connectivity index (χ2n) is 5.14. The number of piperidine rings is 1. The van der Waals surface area contributed by atoms with Crippen LogP contribution in [0.15, 0.2) is 10.9 Å². The first kappa shape index (κ1) is 13.7. The maximum atomic E-state index is 12.0. The predicted octanol–water partition coefficient (Wildman–Crippen LogP) is 0.670. The third kappa shape index (κ3) is 2.74. The summed E-state index contributed by atoms with van der Waals surface area (Å²) in [6.45, 7) is 4.39. The fourth-order valence-corrected chi connectivity index (χ4v) is 3.28. The summed E-state index contributed by atoms with van der Waals surface area (Å²) < 4.78 is 1.38. The average molecular weight is 294 g/mol. The van der Waals surface area contributed by atoms with Gasteiger partial charge in [0.1, 0.15) is 5.01 Å². The molecule has 2 aromatic heterocycles. The van der Waals surface area contributed by atoms with Gasteiger partial charge in [0.25, 0.3) is 5.56 Å². The number of aromatic nitrogens is 3. The van der Waals surface area contributed by atoms with Crippen molar-refractivity contribution in [3.63, 3.8) is 0 Å². The van der Waals surface area contributed by atoms with Crippen molar-refractivity contribution < 1.29 is 5.11 Å². The van der Waals surface area contributed by atoms with Crippen molar-refractivity contribution in [3.05, 3.63) is 27.1 Å². The Morgan fingerprint density at radius 1 is 1.45 bits per heavy atom. The smallest absolute Gasteiger partial charge is 0.275 e. The number of hydrogen-bond donors (Lipinski definition) is 1. The van der Waals surface area contributed by atoms with E-state index in [0.29, 0.717) is 11.5 Å². The van der Waals surface area contributed by atoms with Gasteiger partial charge in [-0.15, -0.1) is 0 Å². The molecule has 1 fully saturated rings. The largest absolute Gasteiger partial charge is 0.393 e. The Hall–Kier alpha value is -1.31. The number of fused-ring (bicyclic) bond motifs is 1. The second-order valence-corrected chi connectivity index (χ2v) is 6.18. The van der Waals surface area contributed by atoms with Crippen molar-refractivity contribution in [3.8, 4) is 0 Å². The van der Waals surface area contributed by atoms with Crippen molar-refractivity contribution in [2.75, 3.05) is 13.1 Å². The molecule has 0 unspecified atom stereocenters. The Kier molecular flexibility index (Phi) is 3.82. The minimum atomic E-state index is -0.180. The third-order valence-corrected chi connectivity index (χ3v) is 4.64. The zero-order valence-electron chi connectivity index (χ0n) is 11.4. The summed E-state index contributed by atoms with van der Waals surface area (Å²) in [5.41, 5.74) is 0.677. The van der Waals surface area contributed by atoms with E-state index in [4.69, 9.17) is 0 Å². The molecule has 0 aliphatic carbocycles. The monoisotopic (exact) mass is 294 g/mol. The summed E-state index contributed by atoms with van der Waals surface area (Å²) in [6, 6.07) is 1.57. The van der Waals surface area contributed by atoms with Crippen molar-refractivity contribution in [1.29, 1.82) is 0 Å². The van der Waals surface area contributed by atoms with Crippen LogP contribution in [0.5, 0.6) is 0 Å². The molecular weight excluding hydrogens is 276 g/mol. The molecule has 1 N–H and O–H groups in total. The van der Waals surface area contributed by atoms with Gasteiger partial charge in [-0.1, -0.05) is 18.3 Å². The highest BCUT2D eigenvalue weighted by atomic mass is 32.1. The van der Waals surface area contributed by atoms with Gasteiger partial charge in [0, 0.05) is 25.7 Å². The van der Waals surface area contributed by atoms with Crippen LogP contribution in [0.1, 0.15) is 30.5 Å².